The van der Waals surface area contributed by atoms with Gasteiger partial charge in [0.15, 0.2) is 0 Å². The van der Waals surface area contributed by atoms with E-state index in [1.165, 1.54) is 32.6 Å². The van der Waals surface area contributed by atoms with Crippen molar-refractivity contribution in [1.29, 1.82) is 0 Å². The predicted octanol–water partition coefficient (Wildman–Crippen LogP) is 3.81. The summed E-state index contributed by atoms with van der Waals surface area (Å²) in [4.78, 5) is 16.4. The highest BCUT2D eigenvalue weighted by Crippen LogP contribution is 2.46. The molecule has 0 unspecified atom stereocenters. The number of hydrogen-bond donors (Lipinski definition) is 1. The summed E-state index contributed by atoms with van der Waals surface area (Å²) in [5.74, 6) is -0.224. The van der Waals surface area contributed by atoms with Crippen LogP contribution < -0.4 is 14.2 Å². The number of fused-ring (bicyclic) bond motifs is 2. The van der Waals surface area contributed by atoms with Crippen LogP contribution >= 0.6 is 11.6 Å². The monoisotopic (exact) mass is 468 g/mol. The van der Waals surface area contributed by atoms with Gasteiger partial charge in [0.25, 0.3) is 5.91 Å². The summed E-state index contributed by atoms with van der Waals surface area (Å²) in [5.41, 5.74) is 0.328. The van der Waals surface area contributed by atoms with E-state index in [2.05, 4.69) is 4.98 Å². The van der Waals surface area contributed by atoms with Crippen molar-refractivity contribution in [3.05, 3.63) is 40.8 Å². The average Bonchev–Trinajstić information content (AvgIpc) is 3.31. The molecule has 0 saturated heterocycles. The molecule has 2 aliphatic rings. The standard InChI is InChI=1S/C21H22ClFN2O5S/c1-29-19-9-15(20(26)25-31(2,27)28)17(23)8-14(19)13-7-16(22)21(24-10-13)30-18-6-11-3-4-12(18)5-11/h7-12,18H,3-6H2,1-2H3,(H,25,26)/t11-,12+,18-/m0/s1. The van der Waals surface area contributed by atoms with Gasteiger partial charge in [-0.05, 0) is 55.7 Å². The first-order chi connectivity index (χ1) is 14.6. The maximum absolute atomic E-state index is 14.6. The van der Waals surface area contributed by atoms with Crippen molar-refractivity contribution >= 4 is 27.5 Å². The maximum Gasteiger partial charge on any atom is 0.267 e. The fourth-order valence-electron chi connectivity index (χ4n) is 4.48. The van der Waals surface area contributed by atoms with Crippen LogP contribution in [0.2, 0.25) is 5.02 Å². The number of nitrogens with zero attached hydrogens (tertiary/aromatic N) is 1. The lowest BCUT2D eigenvalue weighted by Crippen LogP contribution is -2.30. The van der Waals surface area contributed by atoms with E-state index in [4.69, 9.17) is 21.1 Å². The second kappa shape index (κ2) is 8.27. The molecule has 4 rings (SSSR count). The highest BCUT2D eigenvalue weighted by Gasteiger charge is 2.41. The van der Waals surface area contributed by atoms with Crippen LogP contribution in [0.15, 0.2) is 24.4 Å². The summed E-state index contributed by atoms with van der Waals surface area (Å²) in [6.07, 6.45) is 7.06. The van der Waals surface area contributed by atoms with Crippen LogP contribution in [0.25, 0.3) is 11.1 Å². The molecule has 3 atom stereocenters. The Kier molecular flexibility index (Phi) is 5.83. The first-order valence-electron chi connectivity index (χ1n) is 9.87. The molecule has 2 fully saturated rings. The molecule has 0 aliphatic heterocycles. The van der Waals surface area contributed by atoms with E-state index in [1.807, 2.05) is 0 Å². The van der Waals surface area contributed by atoms with Crippen LogP contribution in [0.3, 0.4) is 0 Å². The van der Waals surface area contributed by atoms with Gasteiger partial charge in [-0.3, -0.25) is 4.79 Å². The summed E-state index contributed by atoms with van der Waals surface area (Å²) in [6.45, 7) is 0. The minimum atomic E-state index is -3.84. The second-order valence-electron chi connectivity index (χ2n) is 8.08. The number of rotatable bonds is 6. The van der Waals surface area contributed by atoms with Gasteiger partial charge >= 0.3 is 0 Å². The number of halogens is 2. The van der Waals surface area contributed by atoms with Gasteiger partial charge in [0.1, 0.15) is 22.7 Å². The molecule has 1 aromatic carbocycles. The highest BCUT2D eigenvalue weighted by atomic mass is 35.5. The first kappa shape index (κ1) is 21.8. The fraction of sp³-hybridized carbons (Fsp3) is 0.429. The van der Waals surface area contributed by atoms with Crippen LogP contribution in [0.1, 0.15) is 36.0 Å². The number of sulfonamides is 1. The van der Waals surface area contributed by atoms with Crippen molar-refractivity contribution in [1.82, 2.24) is 9.71 Å². The third-order valence-corrected chi connectivity index (χ3v) is 6.69. The zero-order chi connectivity index (χ0) is 22.3. The molecule has 2 saturated carbocycles. The minimum absolute atomic E-state index is 0.120. The molecule has 1 heterocycles. The molecule has 2 aliphatic carbocycles. The molecule has 2 aromatic rings. The summed E-state index contributed by atoms with van der Waals surface area (Å²) in [5, 5.41) is 0.293. The van der Waals surface area contributed by atoms with Crippen molar-refractivity contribution < 1.29 is 27.1 Å². The number of pyridine rings is 1. The molecule has 1 N–H and O–H groups in total. The molecule has 10 heteroatoms. The van der Waals surface area contributed by atoms with Gasteiger partial charge in [-0.2, -0.15) is 0 Å². The molecule has 166 valence electrons. The molecule has 1 aromatic heterocycles. The van der Waals surface area contributed by atoms with Gasteiger partial charge in [0, 0.05) is 17.3 Å². The van der Waals surface area contributed by atoms with E-state index in [0.29, 0.717) is 27.9 Å². The van der Waals surface area contributed by atoms with Crippen molar-refractivity contribution in [2.75, 3.05) is 13.4 Å². The van der Waals surface area contributed by atoms with Crippen LogP contribution in [-0.4, -0.2) is 38.8 Å². The number of aromatic nitrogens is 1. The average molecular weight is 469 g/mol. The molecular weight excluding hydrogens is 447 g/mol. The quantitative estimate of drug-likeness (QED) is 0.692. The number of carbonyl (C=O) groups is 1. The van der Waals surface area contributed by atoms with E-state index < -0.39 is 27.3 Å². The Hall–Kier alpha value is -2.39. The van der Waals surface area contributed by atoms with Gasteiger partial charge < -0.3 is 9.47 Å². The van der Waals surface area contributed by atoms with Gasteiger partial charge in [-0.1, -0.05) is 11.6 Å². The van der Waals surface area contributed by atoms with Crippen molar-refractivity contribution in [3.63, 3.8) is 0 Å². The summed E-state index contributed by atoms with van der Waals surface area (Å²) >= 11 is 6.40. The Labute approximate surface area is 185 Å². The Morgan fingerprint density at radius 1 is 1.26 bits per heavy atom. The molecule has 31 heavy (non-hydrogen) atoms. The van der Waals surface area contributed by atoms with Crippen LogP contribution in [0.4, 0.5) is 4.39 Å². The van der Waals surface area contributed by atoms with Crippen molar-refractivity contribution in [3.8, 4) is 22.8 Å². The lowest BCUT2D eigenvalue weighted by Gasteiger charge is -2.23. The van der Waals surface area contributed by atoms with Crippen LogP contribution in [0.5, 0.6) is 11.6 Å². The number of methoxy groups -OCH3 is 1. The Morgan fingerprint density at radius 3 is 2.61 bits per heavy atom. The van der Waals surface area contributed by atoms with E-state index in [9.17, 15) is 17.6 Å². The maximum atomic E-state index is 14.6. The van der Waals surface area contributed by atoms with E-state index in [-0.39, 0.29) is 11.9 Å². The summed E-state index contributed by atoms with van der Waals surface area (Å²) in [7, 11) is -2.48. The van der Waals surface area contributed by atoms with E-state index in [0.717, 1.165) is 30.7 Å². The number of benzene rings is 1. The van der Waals surface area contributed by atoms with Gasteiger partial charge in [0.2, 0.25) is 15.9 Å². The normalized spacial score (nSPS) is 22.4. The zero-order valence-corrected chi connectivity index (χ0v) is 18.6. The number of amides is 1. The smallest absolute Gasteiger partial charge is 0.267 e. The van der Waals surface area contributed by atoms with E-state index >= 15 is 0 Å². The molecule has 7 nitrogen and oxygen atoms in total. The molecule has 2 bridgehead atoms. The third kappa shape index (κ3) is 4.62. The van der Waals surface area contributed by atoms with Gasteiger partial charge in [0.05, 0.1) is 18.9 Å². The van der Waals surface area contributed by atoms with E-state index in [1.54, 1.807) is 10.8 Å². The minimum Gasteiger partial charge on any atom is -0.496 e. The molecular formula is C21H22ClFN2O5S. The SMILES string of the molecule is COc1cc(C(=O)NS(C)(=O)=O)c(F)cc1-c1cnc(O[C@H]2C[C@H]3CC[C@@H]2C3)c(Cl)c1. The largest absolute Gasteiger partial charge is 0.496 e. The molecule has 0 radical (unpaired) electrons. The fourth-order valence-corrected chi connectivity index (χ4v) is 5.14. The zero-order valence-electron chi connectivity index (χ0n) is 17.0. The predicted molar refractivity (Wildman–Crippen MR) is 113 cm³/mol. The number of carbonyl (C=O) groups excluding carboxylic acids is 1. The number of ether oxygens (including phenoxy) is 2. The topological polar surface area (TPSA) is 94.6 Å². The summed E-state index contributed by atoms with van der Waals surface area (Å²) in [6, 6.07) is 3.82. The lowest BCUT2D eigenvalue weighted by molar-refractivity contribution is 0.0977. The second-order valence-corrected chi connectivity index (χ2v) is 10.2. The van der Waals surface area contributed by atoms with Crippen molar-refractivity contribution in [2.45, 2.75) is 31.8 Å². The molecule has 1 amide bonds. The third-order valence-electron chi connectivity index (χ3n) is 5.87. The molecule has 0 spiro atoms. The summed E-state index contributed by atoms with van der Waals surface area (Å²) < 4.78 is 50.3. The number of hydrogen-bond acceptors (Lipinski definition) is 6. The Morgan fingerprint density at radius 2 is 2.03 bits per heavy atom. The Bertz CT molecular complexity index is 1140. The van der Waals surface area contributed by atoms with Crippen LogP contribution in [0, 0.1) is 17.7 Å². The van der Waals surface area contributed by atoms with Crippen molar-refractivity contribution in [2.24, 2.45) is 11.8 Å². The Balaban J connectivity index is 1.60. The number of nitrogens with one attached hydrogen (secondary N) is 1. The van der Waals surface area contributed by atoms with Gasteiger partial charge in [-0.15, -0.1) is 0 Å². The van der Waals surface area contributed by atoms with Gasteiger partial charge in [-0.25, -0.2) is 22.5 Å². The first-order valence-corrected chi connectivity index (χ1v) is 12.1. The van der Waals surface area contributed by atoms with Crippen LogP contribution in [-0.2, 0) is 10.0 Å². The lowest BCUT2D eigenvalue weighted by atomic mass is 9.98. The highest BCUT2D eigenvalue weighted by molar-refractivity contribution is 7.89.